The van der Waals surface area contributed by atoms with Gasteiger partial charge < -0.3 is 10.1 Å². The molecule has 1 heterocycles. The molecule has 1 aliphatic carbocycles. The van der Waals surface area contributed by atoms with Crippen LogP contribution in [0.15, 0.2) is 48.0 Å². The zero-order chi connectivity index (χ0) is 21.9. The number of hydrogen-bond donors (Lipinski definition) is 1. The van der Waals surface area contributed by atoms with Crippen molar-refractivity contribution in [2.24, 2.45) is 5.92 Å². The molecule has 0 bridgehead atoms. The van der Waals surface area contributed by atoms with Gasteiger partial charge in [0, 0.05) is 29.8 Å². The van der Waals surface area contributed by atoms with E-state index in [9.17, 15) is 22.0 Å². The average molecular weight is 437 g/mol. The number of carbonyl (C=O) groups is 1. The Kier molecular flexibility index (Phi) is 6.16. The monoisotopic (exact) mass is 437 g/mol. The molecule has 1 saturated carbocycles. The SMILES string of the molecule is CC(/C=C/S(C)(=O)=O)NC(=O)c1cnc(C(F)(F)C2CC2)nc1Oc1ccccc1. The minimum absolute atomic E-state index is 0.145. The van der Waals surface area contributed by atoms with Gasteiger partial charge in [0.15, 0.2) is 9.84 Å². The first-order chi connectivity index (χ1) is 14.1. The Morgan fingerprint density at radius 2 is 1.97 bits per heavy atom. The lowest BCUT2D eigenvalue weighted by molar-refractivity contribution is -0.0379. The van der Waals surface area contributed by atoms with Gasteiger partial charge in [-0.15, -0.1) is 0 Å². The summed E-state index contributed by atoms with van der Waals surface area (Å²) >= 11 is 0. The Bertz CT molecular complexity index is 1050. The molecule has 0 radical (unpaired) electrons. The number of aromatic nitrogens is 2. The molecule has 3 rings (SSSR count). The summed E-state index contributed by atoms with van der Waals surface area (Å²) in [5, 5.41) is 3.52. The van der Waals surface area contributed by atoms with Crippen molar-refractivity contribution in [1.29, 1.82) is 0 Å². The van der Waals surface area contributed by atoms with Crippen molar-refractivity contribution in [1.82, 2.24) is 15.3 Å². The van der Waals surface area contributed by atoms with Gasteiger partial charge in [-0.1, -0.05) is 24.3 Å². The fourth-order valence-corrected chi connectivity index (χ4v) is 3.10. The highest BCUT2D eigenvalue weighted by atomic mass is 32.2. The number of amides is 1. The fourth-order valence-electron chi connectivity index (χ4n) is 2.58. The molecule has 1 unspecified atom stereocenters. The summed E-state index contributed by atoms with van der Waals surface area (Å²) in [6.45, 7) is 1.56. The highest BCUT2D eigenvalue weighted by Gasteiger charge is 2.50. The van der Waals surface area contributed by atoms with Gasteiger partial charge in [-0.2, -0.15) is 13.8 Å². The maximum Gasteiger partial charge on any atom is 0.309 e. The van der Waals surface area contributed by atoms with Crippen LogP contribution in [0.3, 0.4) is 0 Å². The Morgan fingerprint density at radius 1 is 1.30 bits per heavy atom. The van der Waals surface area contributed by atoms with E-state index in [2.05, 4.69) is 15.3 Å². The van der Waals surface area contributed by atoms with Crippen LogP contribution in [0.25, 0.3) is 0 Å². The van der Waals surface area contributed by atoms with E-state index in [-0.39, 0.29) is 11.4 Å². The molecule has 1 aromatic heterocycles. The molecule has 10 heteroatoms. The van der Waals surface area contributed by atoms with Gasteiger partial charge in [0.1, 0.15) is 11.3 Å². The molecular weight excluding hydrogens is 416 g/mol. The number of halogens is 2. The molecule has 1 amide bonds. The average Bonchev–Trinajstić information content (AvgIpc) is 3.52. The van der Waals surface area contributed by atoms with E-state index >= 15 is 0 Å². The van der Waals surface area contributed by atoms with Crippen LogP contribution in [0.4, 0.5) is 8.78 Å². The molecular formula is C20H21F2N3O4S. The normalized spacial score (nSPS) is 15.7. The third kappa shape index (κ3) is 5.59. The van der Waals surface area contributed by atoms with Crippen LogP contribution in [-0.4, -0.2) is 36.6 Å². The summed E-state index contributed by atoms with van der Waals surface area (Å²) in [4.78, 5) is 20.2. The van der Waals surface area contributed by atoms with Crippen molar-refractivity contribution in [2.45, 2.75) is 31.7 Å². The molecule has 2 aromatic rings. The number of nitrogens with zero attached hydrogens (tertiary/aromatic N) is 2. The summed E-state index contributed by atoms with van der Waals surface area (Å²) in [5.41, 5.74) is -0.145. The van der Waals surface area contributed by atoms with E-state index in [0.29, 0.717) is 18.6 Å². The lowest BCUT2D eigenvalue weighted by Crippen LogP contribution is -2.32. The quantitative estimate of drug-likeness (QED) is 0.679. The maximum atomic E-state index is 14.5. The lowest BCUT2D eigenvalue weighted by atomic mass is 10.2. The van der Waals surface area contributed by atoms with Gasteiger partial charge >= 0.3 is 5.92 Å². The minimum atomic E-state index is -3.36. The second kappa shape index (κ2) is 8.47. The number of rotatable bonds is 8. The smallest absolute Gasteiger partial charge is 0.309 e. The number of benzene rings is 1. The number of nitrogens with one attached hydrogen (secondary N) is 1. The number of ether oxygens (including phenoxy) is 1. The van der Waals surface area contributed by atoms with Crippen molar-refractivity contribution >= 4 is 15.7 Å². The number of para-hydroxylation sites is 1. The Labute approximate surface area is 173 Å². The Balaban J connectivity index is 1.90. The zero-order valence-corrected chi connectivity index (χ0v) is 17.2. The fraction of sp³-hybridized carbons (Fsp3) is 0.350. The van der Waals surface area contributed by atoms with E-state index in [1.807, 2.05) is 0 Å². The first-order valence-electron chi connectivity index (χ1n) is 9.23. The minimum Gasteiger partial charge on any atom is -0.438 e. The van der Waals surface area contributed by atoms with E-state index in [4.69, 9.17) is 4.74 Å². The molecule has 30 heavy (non-hydrogen) atoms. The Morgan fingerprint density at radius 3 is 2.57 bits per heavy atom. The van der Waals surface area contributed by atoms with Crippen LogP contribution in [-0.2, 0) is 15.8 Å². The lowest BCUT2D eigenvalue weighted by Gasteiger charge is -2.17. The van der Waals surface area contributed by atoms with Gasteiger partial charge in [0.05, 0.1) is 0 Å². The molecule has 1 atom stereocenters. The Hall–Kier alpha value is -2.88. The van der Waals surface area contributed by atoms with E-state index < -0.39 is 39.5 Å². The topological polar surface area (TPSA) is 98.2 Å². The standard InChI is InChI=1S/C20H21F2N3O4S/c1-13(10-11-30(2,27)28)24-17(26)16-12-23-19(20(21,22)14-8-9-14)25-18(16)29-15-6-4-3-5-7-15/h3-7,10-14H,8-9H2,1-2H3,(H,24,26)/b11-10+. The maximum absolute atomic E-state index is 14.5. The highest BCUT2D eigenvalue weighted by Crippen LogP contribution is 2.48. The van der Waals surface area contributed by atoms with Gasteiger partial charge in [-0.25, -0.2) is 13.4 Å². The van der Waals surface area contributed by atoms with Gasteiger partial charge in [-0.3, -0.25) is 4.79 Å². The molecule has 160 valence electrons. The van der Waals surface area contributed by atoms with Gasteiger partial charge in [0.2, 0.25) is 11.7 Å². The largest absolute Gasteiger partial charge is 0.438 e. The van der Waals surface area contributed by atoms with Crippen molar-refractivity contribution in [3.8, 4) is 11.6 Å². The second-order valence-corrected chi connectivity index (χ2v) is 9.08. The van der Waals surface area contributed by atoms with Crippen molar-refractivity contribution in [3.63, 3.8) is 0 Å². The molecule has 7 nitrogen and oxygen atoms in total. The number of carbonyl (C=O) groups excluding carboxylic acids is 1. The number of alkyl halides is 2. The van der Waals surface area contributed by atoms with E-state index in [0.717, 1.165) is 17.9 Å². The second-order valence-electron chi connectivity index (χ2n) is 7.14. The summed E-state index contributed by atoms with van der Waals surface area (Å²) < 4.78 is 57.0. The van der Waals surface area contributed by atoms with E-state index in [1.54, 1.807) is 37.3 Å². The van der Waals surface area contributed by atoms with Crippen LogP contribution >= 0.6 is 0 Å². The molecule has 0 saturated heterocycles. The van der Waals surface area contributed by atoms with Gasteiger partial charge in [-0.05, 0) is 31.9 Å². The van der Waals surface area contributed by atoms with Crippen molar-refractivity contribution < 1.29 is 26.7 Å². The van der Waals surface area contributed by atoms with Crippen LogP contribution < -0.4 is 10.1 Å². The first-order valence-corrected chi connectivity index (χ1v) is 11.2. The van der Waals surface area contributed by atoms with E-state index in [1.165, 1.54) is 6.08 Å². The zero-order valence-electron chi connectivity index (χ0n) is 16.4. The van der Waals surface area contributed by atoms with Crippen LogP contribution in [0.2, 0.25) is 0 Å². The predicted molar refractivity (Wildman–Crippen MR) is 106 cm³/mol. The summed E-state index contributed by atoms with van der Waals surface area (Å²) in [6, 6.07) is 7.68. The number of sulfone groups is 1. The molecule has 1 aromatic carbocycles. The van der Waals surface area contributed by atoms with Crippen LogP contribution in [0.1, 0.15) is 35.9 Å². The molecule has 1 fully saturated rings. The van der Waals surface area contributed by atoms with Gasteiger partial charge in [0.25, 0.3) is 5.91 Å². The highest BCUT2D eigenvalue weighted by molar-refractivity contribution is 7.93. The summed E-state index contributed by atoms with van der Waals surface area (Å²) in [5.74, 6) is -5.40. The molecule has 1 aliphatic rings. The number of hydrogen-bond acceptors (Lipinski definition) is 6. The molecule has 1 N–H and O–H groups in total. The third-order valence-corrected chi connectivity index (χ3v) is 4.97. The first kappa shape index (κ1) is 21.8. The molecule has 0 aliphatic heterocycles. The molecule has 0 spiro atoms. The predicted octanol–water partition coefficient (Wildman–Crippen LogP) is 3.45. The summed E-state index contributed by atoms with van der Waals surface area (Å²) in [7, 11) is -3.36. The van der Waals surface area contributed by atoms with Crippen molar-refractivity contribution in [2.75, 3.05) is 6.26 Å². The van der Waals surface area contributed by atoms with Crippen molar-refractivity contribution in [3.05, 3.63) is 59.4 Å². The van der Waals surface area contributed by atoms with Crippen LogP contribution in [0.5, 0.6) is 11.6 Å². The van der Waals surface area contributed by atoms with Crippen LogP contribution in [0, 0.1) is 5.92 Å². The third-order valence-electron chi connectivity index (χ3n) is 4.32. The summed E-state index contributed by atoms with van der Waals surface area (Å²) in [6.07, 6.45) is 4.09.